The predicted molar refractivity (Wildman–Crippen MR) is 53.1 cm³/mol. The zero-order chi connectivity index (χ0) is 10.1. The van der Waals surface area contributed by atoms with Crippen molar-refractivity contribution in [2.75, 3.05) is 11.9 Å². The minimum atomic E-state index is -2.27. The van der Waals surface area contributed by atoms with Crippen LogP contribution in [0.15, 0.2) is 18.2 Å². The molecule has 0 radical (unpaired) electrons. The van der Waals surface area contributed by atoms with E-state index in [1.807, 2.05) is 19.1 Å². The van der Waals surface area contributed by atoms with Gasteiger partial charge in [-0.2, -0.15) is 0 Å². The lowest BCUT2D eigenvalue weighted by molar-refractivity contribution is 0.121. The van der Waals surface area contributed by atoms with Crippen LogP contribution in [0.2, 0.25) is 0 Å². The van der Waals surface area contributed by atoms with Crippen molar-refractivity contribution in [2.45, 2.75) is 25.7 Å². The Morgan fingerprint density at radius 2 is 2.29 bits per heavy atom. The van der Waals surface area contributed by atoms with Crippen molar-refractivity contribution in [1.29, 1.82) is 0 Å². The van der Waals surface area contributed by atoms with Crippen molar-refractivity contribution < 1.29 is 8.78 Å². The summed E-state index contributed by atoms with van der Waals surface area (Å²) < 4.78 is 25.2. The van der Waals surface area contributed by atoms with Crippen molar-refractivity contribution in [3.8, 4) is 0 Å². The fourth-order valence-corrected chi connectivity index (χ4v) is 1.99. The van der Waals surface area contributed by atoms with Gasteiger partial charge in [0.15, 0.2) is 0 Å². The summed E-state index contributed by atoms with van der Waals surface area (Å²) in [6.07, 6.45) is -1.39. The number of nitrogens with one attached hydrogen (secondary N) is 1. The van der Waals surface area contributed by atoms with Gasteiger partial charge in [0.1, 0.15) is 0 Å². The van der Waals surface area contributed by atoms with Gasteiger partial charge in [-0.25, -0.2) is 8.78 Å². The van der Waals surface area contributed by atoms with Gasteiger partial charge in [0.2, 0.25) is 6.43 Å². The average molecular weight is 197 g/mol. The summed E-state index contributed by atoms with van der Waals surface area (Å²) in [6.45, 7) is 2.40. The Balaban J connectivity index is 2.41. The molecule has 0 aliphatic carbocycles. The number of benzene rings is 1. The highest BCUT2D eigenvalue weighted by atomic mass is 19.3. The van der Waals surface area contributed by atoms with E-state index in [1.54, 1.807) is 6.07 Å². The maximum absolute atomic E-state index is 12.6. The van der Waals surface area contributed by atoms with Crippen LogP contribution in [0.5, 0.6) is 0 Å². The first-order valence-corrected chi connectivity index (χ1v) is 4.87. The summed E-state index contributed by atoms with van der Waals surface area (Å²) in [5.74, 6) is -0.628. The first kappa shape index (κ1) is 9.44. The van der Waals surface area contributed by atoms with Gasteiger partial charge >= 0.3 is 0 Å². The largest absolute Gasteiger partial charge is 0.384 e. The van der Waals surface area contributed by atoms with Gasteiger partial charge in [0.25, 0.3) is 0 Å². The van der Waals surface area contributed by atoms with E-state index in [0.717, 1.165) is 23.2 Å². The second-order valence-electron chi connectivity index (χ2n) is 3.56. The molecule has 14 heavy (non-hydrogen) atoms. The van der Waals surface area contributed by atoms with E-state index in [9.17, 15) is 8.78 Å². The quantitative estimate of drug-likeness (QED) is 0.768. The van der Waals surface area contributed by atoms with E-state index in [0.29, 0.717) is 6.54 Å². The molecule has 1 aliphatic rings. The predicted octanol–water partition coefficient (Wildman–Crippen LogP) is 3.02. The lowest BCUT2D eigenvalue weighted by Gasteiger charge is -2.09. The van der Waals surface area contributed by atoms with Gasteiger partial charge in [0, 0.05) is 12.2 Å². The molecule has 1 aromatic rings. The van der Waals surface area contributed by atoms with E-state index < -0.39 is 12.3 Å². The van der Waals surface area contributed by atoms with Crippen molar-refractivity contribution in [2.24, 2.45) is 0 Å². The second-order valence-corrected chi connectivity index (χ2v) is 3.56. The van der Waals surface area contributed by atoms with Crippen molar-refractivity contribution >= 4 is 5.69 Å². The maximum Gasteiger partial charge on any atom is 0.247 e. The first-order valence-electron chi connectivity index (χ1n) is 4.87. The Morgan fingerprint density at radius 1 is 1.50 bits per heavy atom. The molecule has 76 valence electrons. The SMILES string of the molecule is CCc1cccc2c1NCC2C(F)F. The molecule has 0 bridgehead atoms. The first-order chi connectivity index (χ1) is 6.74. The number of hydrogen-bond acceptors (Lipinski definition) is 1. The number of halogens is 2. The molecule has 1 aliphatic heterocycles. The molecule has 1 heterocycles. The molecule has 3 heteroatoms. The van der Waals surface area contributed by atoms with Gasteiger partial charge < -0.3 is 5.32 Å². The Kier molecular flexibility index (Phi) is 2.40. The monoisotopic (exact) mass is 197 g/mol. The minimum Gasteiger partial charge on any atom is -0.384 e. The van der Waals surface area contributed by atoms with E-state index in [1.165, 1.54) is 0 Å². The fraction of sp³-hybridized carbons (Fsp3) is 0.455. The summed E-state index contributed by atoms with van der Waals surface area (Å²) in [5.41, 5.74) is 2.84. The molecule has 0 spiro atoms. The van der Waals surface area contributed by atoms with E-state index in [4.69, 9.17) is 0 Å². The molecule has 0 fully saturated rings. The third-order valence-electron chi connectivity index (χ3n) is 2.77. The number of anilines is 1. The van der Waals surface area contributed by atoms with Crippen LogP contribution < -0.4 is 5.32 Å². The standard InChI is InChI=1S/C11H13F2N/c1-2-7-4-3-5-8-9(11(12)13)6-14-10(7)8/h3-5,9,11,14H,2,6H2,1H3. The zero-order valence-corrected chi connectivity index (χ0v) is 8.06. The van der Waals surface area contributed by atoms with Crippen LogP contribution in [0.3, 0.4) is 0 Å². The van der Waals surface area contributed by atoms with Gasteiger partial charge in [-0.1, -0.05) is 25.1 Å². The molecular formula is C11H13F2N. The molecule has 0 saturated heterocycles. The van der Waals surface area contributed by atoms with Gasteiger partial charge in [-0.05, 0) is 17.5 Å². The minimum absolute atomic E-state index is 0.365. The summed E-state index contributed by atoms with van der Waals surface area (Å²) in [7, 11) is 0. The molecule has 0 amide bonds. The number of fused-ring (bicyclic) bond motifs is 1. The number of hydrogen-bond donors (Lipinski definition) is 1. The Labute approximate surface area is 82.1 Å². The van der Waals surface area contributed by atoms with Crippen molar-refractivity contribution in [3.63, 3.8) is 0 Å². The highest BCUT2D eigenvalue weighted by Crippen LogP contribution is 2.37. The third kappa shape index (κ3) is 1.37. The van der Waals surface area contributed by atoms with Crippen LogP contribution in [-0.4, -0.2) is 13.0 Å². The number of alkyl halides is 2. The molecule has 1 atom stereocenters. The van der Waals surface area contributed by atoms with Crippen LogP contribution in [0.25, 0.3) is 0 Å². The molecule has 0 aromatic heterocycles. The molecule has 2 rings (SSSR count). The Morgan fingerprint density at radius 3 is 2.93 bits per heavy atom. The number of rotatable bonds is 2. The molecular weight excluding hydrogens is 184 g/mol. The molecule has 1 nitrogen and oxygen atoms in total. The Bertz CT molecular complexity index is 336. The van der Waals surface area contributed by atoms with Crippen LogP contribution >= 0.6 is 0 Å². The number of para-hydroxylation sites is 1. The Hall–Kier alpha value is -1.12. The lowest BCUT2D eigenvalue weighted by Crippen LogP contribution is -2.10. The van der Waals surface area contributed by atoms with Crippen LogP contribution in [0, 0.1) is 0 Å². The molecule has 0 saturated carbocycles. The summed E-state index contributed by atoms with van der Waals surface area (Å²) in [6, 6.07) is 5.64. The zero-order valence-electron chi connectivity index (χ0n) is 8.06. The van der Waals surface area contributed by atoms with E-state index in [2.05, 4.69) is 5.32 Å². The van der Waals surface area contributed by atoms with Crippen LogP contribution in [0.4, 0.5) is 14.5 Å². The number of aryl methyl sites for hydroxylation is 1. The summed E-state index contributed by atoms with van der Waals surface area (Å²) in [5, 5.41) is 3.07. The average Bonchev–Trinajstić information content (AvgIpc) is 2.60. The fourth-order valence-electron chi connectivity index (χ4n) is 1.99. The topological polar surface area (TPSA) is 12.0 Å². The molecule has 1 aromatic carbocycles. The smallest absolute Gasteiger partial charge is 0.247 e. The highest BCUT2D eigenvalue weighted by Gasteiger charge is 2.30. The second kappa shape index (κ2) is 3.56. The van der Waals surface area contributed by atoms with Crippen LogP contribution in [0.1, 0.15) is 24.0 Å². The third-order valence-corrected chi connectivity index (χ3v) is 2.77. The highest BCUT2D eigenvalue weighted by molar-refractivity contribution is 5.63. The van der Waals surface area contributed by atoms with Gasteiger partial charge in [0.05, 0.1) is 5.92 Å². The van der Waals surface area contributed by atoms with Gasteiger partial charge in [-0.15, -0.1) is 0 Å². The summed E-state index contributed by atoms with van der Waals surface area (Å²) >= 11 is 0. The van der Waals surface area contributed by atoms with Crippen LogP contribution in [-0.2, 0) is 6.42 Å². The lowest BCUT2D eigenvalue weighted by atomic mass is 9.99. The van der Waals surface area contributed by atoms with E-state index >= 15 is 0 Å². The normalized spacial score (nSPS) is 19.6. The molecule has 1 unspecified atom stereocenters. The van der Waals surface area contributed by atoms with Gasteiger partial charge in [-0.3, -0.25) is 0 Å². The van der Waals surface area contributed by atoms with Crippen molar-refractivity contribution in [1.82, 2.24) is 0 Å². The van der Waals surface area contributed by atoms with Crippen molar-refractivity contribution in [3.05, 3.63) is 29.3 Å². The maximum atomic E-state index is 12.6. The summed E-state index contributed by atoms with van der Waals surface area (Å²) in [4.78, 5) is 0. The molecule has 1 N–H and O–H groups in total. The van der Waals surface area contributed by atoms with E-state index in [-0.39, 0.29) is 0 Å².